The van der Waals surface area contributed by atoms with Crippen molar-refractivity contribution in [2.24, 2.45) is 0 Å². The molecule has 0 saturated carbocycles. The van der Waals surface area contributed by atoms with Gasteiger partial charge in [0.15, 0.2) is 9.84 Å². The molecule has 40 heavy (non-hydrogen) atoms. The Labute approximate surface area is 235 Å². The molecule has 1 aromatic heterocycles. The number of nitrogens with one attached hydrogen (secondary N) is 1. The summed E-state index contributed by atoms with van der Waals surface area (Å²) < 4.78 is 25.6. The van der Waals surface area contributed by atoms with Crippen LogP contribution in [0.3, 0.4) is 0 Å². The zero-order valence-electron chi connectivity index (χ0n) is 23.0. The molecule has 4 aromatic rings. The fourth-order valence-electron chi connectivity index (χ4n) is 5.36. The zero-order chi connectivity index (χ0) is 28.4. The number of anilines is 1. The van der Waals surface area contributed by atoms with Gasteiger partial charge in [0, 0.05) is 47.5 Å². The third-order valence-corrected chi connectivity index (χ3v) is 8.55. The van der Waals surface area contributed by atoms with E-state index in [1.807, 2.05) is 73.3 Å². The van der Waals surface area contributed by atoms with E-state index >= 15 is 0 Å². The average molecular weight is 556 g/mol. The van der Waals surface area contributed by atoms with E-state index in [9.17, 15) is 18.0 Å². The molecule has 1 saturated heterocycles. The van der Waals surface area contributed by atoms with Crippen molar-refractivity contribution >= 4 is 27.3 Å². The van der Waals surface area contributed by atoms with E-state index in [0.29, 0.717) is 16.8 Å². The second-order valence-electron chi connectivity index (χ2n) is 10.3. The van der Waals surface area contributed by atoms with Gasteiger partial charge in [0.2, 0.25) is 0 Å². The number of likely N-dealkylation sites (tertiary alicyclic amines) is 1. The lowest BCUT2D eigenvalue weighted by Crippen LogP contribution is -2.35. The highest BCUT2D eigenvalue weighted by atomic mass is 32.2. The maximum Gasteiger partial charge on any atom is 0.257 e. The van der Waals surface area contributed by atoms with Crippen molar-refractivity contribution in [3.8, 4) is 16.8 Å². The number of nitrogens with zero attached hydrogens (tertiary/aromatic N) is 2. The summed E-state index contributed by atoms with van der Waals surface area (Å²) >= 11 is 0. The number of aromatic nitrogens is 1. The molecular weight excluding hydrogens is 522 g/mol. The smallest absolute Gasteiger partial charge is 0.257 e. The Kier molecular flexibility index (Phi) is 7.63. The lowest BCUT2D eigenvalue weighted by atomic mass is 10.00. The predicted molar refractivity (Wildman–Crippen MR) is 158 cm³/mol. The number of carbonyl (C=O) groups is 2. The molecule has 7 nitrogen and oxygen atoms in total. The summed E-state index contributed by atoms with van der Waals surface area (Å²) in [5.74, 6) is -0.214. The van der Waals surface area contributed by atoms with Crippen LogP contribution in [0.25, 0.3) is 16.8 Å². The van der Waals surface area contributed by atoms with Crippen LogP contribution in [-0.2, 0) is 9.84 Å². The second kappa shape index (κ2) is 11.1. The maximum atomic E-state index is 13.3. The fraction of sp³-hybridized carbons (Fsp3) is 0.250. The van der Waals surface area contributed by atoms with E-state index in [1.54, 1.807) is 12.1 Å². The SMILES string of the molecule is Cc1cc(C(=O)Nc2ccc(S(C)(=O)=O)cc2)c(C)n1-c1ccccc1-c1cccc(C(=O)N2CCCCC2)c1. The fourth-order valence-corrected chi connectivity index (χ4v) is 5.99. The molecule has 8 heteroatoms. The quantitative estimate of drug-likeness (QED) is 0.314. The first kappa shape index (κ1) is 27.4. The van der Waals surface area contributed by atoms with Crippen molar-refractivity contribution in [3.05, 3.63) is 101 Å². The van der Waals surface area contributed by atoms with Crippen molar-refractivity contribution < 1.29 is 18.0 Å². The van der Waals surface area contributed by atoms with E-state index in [-0.39, 0.29) is 16.7 Å². The summed E-state index contributed by atoms with van der Waals surface area (Å²) in [4.78, 5) is 28.6. The van der Waals surface area contributed by atoms with Gasteiger partial charge in [-0.15, -0.1) is 0 Å². The van der Waals surface area contributed by atoms with Crippen LogP contribution in [0.5, 0.6) is 0 Å². The van der Waals surface area contributed by atoms with E-state index in [2.05, 4.69) is 9.88 Å². The first-order valence-corrected chi connectivity index (χ1v) is 15.3. The van der Waals surface area contributed by atoms with Gasteiger partial charge in [-0.2, -0.15) is 0 Å². The molecule has 0 bridgehead atoms. The molecule has 2 heterocycles. The van der Waals surface area contributed by atoms with Gasteiger partial charge in [0.05, 0.1) is 16.1 Å². The molecule has 0 atom stereocenters. The van der Waals surface area contributed by atoms with Gasteiger partial charge in [0.1, 0.15) is 0 Å². The molecule has 2 amide bonds. The van der Waals surface area contributed by atoms with Crippen molar-refractivity contribution in [3.63, 3.8) is 0 Å². The van der Waals surface area contributed by atoms with Crippen LogP contribution < -0.4 is 5.32 Å². The number of carbonyl (C=O) groups excluding carboxylic acids is 2. The summed E-state index contributed by atoms with van der Waals surface area (Å²) in [5.41, 5.74) is 6.18. The Morgan fingerprint density at radius 3 is 2.23 bits per heavy atom. The lowest BCUT2D eigenvalue weighted by Gasteiger charge is -2.27. The van der Waals surface area contributed by atoms with E-state index < -0.39 is 9.84 Å². The van der Waals surface area contributed by atoms with Crippen LogP contribution in [0.4, 0.5) is 5.69 Å². The molecule has 0 spiro atoms. The first-order valence-electron chi connectivity index (χ1n) is 13.4. The van der Waals surface area contributed by atoms with E-state index in [4.69, 9.17) is 0 Å². The number of sulfone groups is 1. The Morgan fingerprint density at radius 2 is 1.52 bits per heavy atom. The third-order valence-electron chi connectivity index (χ3n) is 7.42. The maximum absolute atomic E-state index is 13.3. The number of aryl methyl sites for hydroxylation is 1. The van der Waals surface area contributed by atoms with Crippen molar-refractivity contribution in [2.75, 3.05) is 24.7 Å². The molecule has 1 aliphatic heterocycles. The van der Waals surface area contributed by atoms with Crippen molar-refractivity contribution in [1.82, 2.24) is 9.47 Å². The number of hydrogen-bond acceptors (Lipinski definition) is 4. The normalized spacial score (nSPS) is 13.7. The van der Waals surface area contributed by atoms with E-state index in [1.165, 1.54) is 18.6 Å². The van der Waals surface area contributed by atoms with Gasteiger partial charge in [-0.3, -0.25) is 9.59 Å². The van der Waals surface area contributed by atoms with Gasteiger partial charge in [0.25, 0.3) is 11.8 Å². The minimum atomic E-state index is -3.32. The highest BCUT2D eigenvalue weighted by molar-refractivity contribution is 7.90. The highest BCUT2D eigenvalue weighted by Gasteiger charge is 2.21. The van der Waals surface area contributed by atoms with Crippen molar-refractivity contribution in [2.45, 2.75) is 38.0 Å². The van der Waals surface area contributed by atoms with Gasteiger partial charge >= 0.3 is 0 Å². The second-order valence-corrected chi connectivity index (χ2v) is 12.3. The van der Waals surface area contributed by atoms with Gasteiger partial charge in [-0.25, -0.2) is 8.42 Å². The Bertz CT molecular complexity index is 1680. The lowest BCUT2D eigenvalue weighted by molar-refractivity contribution is 0.0724. The predicted octanol–water partition coefficient (Wildman–Crippen LogP) is 6.04. The summed E-state index contributed by atoms with van der Waals surface area (Å²) in [6, 6.07) is 23.7. The molecule has 1 fully saturated rings. The van der Waals surface area contributed by atoms with Crippen LogP contribution >= 0.6 is 0 Å². The summed E-state index contributed by atoms with van der Waals surface area (Å²) in [7, 11) is -3.32. The Balaban J connectivity index is 1.45. The molecule has 3 aromatic carbocycles. The minimum absolute atomic E-state index is 0.0656. The Morgan fingerprint density at radius 1 is 0.825 bits per heavy atom. The molecule has 0 unspecified atom stereocenters. The number of benzene rings is 3. The summed E-state index contributed by atoms with van der Waals surface area (Å²) in [6.45, 7) is 5.46. The van der Waals surface area contributed by atoms with Gasteiger partial charge < -0.3 is 14.8 Å². The van der Waals surface area contributed by atoms with Crippen LogP contribution in [0, 0.1) is 13.8 Å². The van der Waals surface area contributed by atoms with Gasteiger partial charge in [-0.05, 0) is 87.2 Å². The molecule has 1 N–H and O–H groups in total. The standard InChI is InChI=1S/C32H33N3O4S/c1-22-20-29(31(36)33-26-14-16-27(17-15-26)40(3,38)39)23(2)35(22)30-13-6-5-12-28(30)24-10-9-11-25(21-24)32(37)34-18-7-4-8-19-34/h5-6,9-17,20-21H,4,7-8,18-19H2,1-3H3,(H,33,36). The summed E-state index contributed by atoms with van der Waals surface area (Å²) in [6.07, 6.45) is 4.41. The largest absolute Gasteiger partial charge is 0.339 e. The van der Waals surface area contributed by atoms with E-state index in [0.717, 1.165) is 60.4 Å². The topological polar surface area (TPSA) is 88.5 Å². The average Bonchev–Trinajstić information content (AvgIpc) is 3.26. The molecule has 0 radical (unpaired) electrons. The van der Waals surface area contributed by atoms with Gasteiger partial charge in [-0.1, -0.05) is 30.3 Å². The zero-order valence-corrected chi connectivity index (χ0v) is 23.8. The first-order chi connectivity index (χ1) is 19.1. The number of amides is 2. The van der Waals surface area contributed by atoms with Crippen LogP contribution in [-0.4, -0.2) is 49.0 Å². The molecule has 206 valence electrons. The minimum Gasteiger partial charge on any atom is -0.339 e. The summed E-state index contributed by atoms with van der Waals surface area (Å²) in [5, 5.41) is 2.88. The third kappa shape index (κ3) is 5.58. The monoisotopic (exact) mass is 555 g/mol. The number of hydrogen-bond donors (Lipinski definition) is 1. The molecular formula is C32H33N3O4S. The number of para-hydroxylation sites is 1. The van der Waals surface area contributed by atoms with Crippen molar-refractivity contribution in [1.29, 1.82) is 0 Å². The van der Waals surface area contributed by atoms with Crippen LogP contribution in [0.15, 0.2) is 83.8 Å². The molecule has 1 aliphatic rings. The molecule has 0 aliphatic carbocycles. The van der Waals surface area contributed by atoms with Crippen LogP contribution in [0.2, 0.25) is 0 Å². The number of rotatable bonds is 6. The highest BCUT2D eigenvalue weighted by Crippen LogP contribution is 2.31. The molecule has 5 rings (SSSR count). The Hall–Kier alpha value is -4.17. The number of piperidine rings is 1. The van der Waals surface area contributed by atoms with Crippen LogP contribution in [0.1, 0.15) is 51.4 Å².